The topological polar surface area (TPSA) is 51.6 Å². The van der Waals surface area contributed by atoms with Crippen LogP contribution in [0.3, 0.4) is 0 Å². The van der Waals surface area contributed by atoms with E-state index in [1.54, 1.807) is 12.4 Å². The number of hydrogen-bond donors (Lipinski definition) is 0. The molecule has 0 aliphatic rings. The summed E-state index contributed by atoms with van der Waals surface area (Å²) in [5.74, 6) is 0.715. The molecule has 0 fully saturated rings. The van der Waals surface area contributed by atoms with Crippen molar-refractivity contribution in [1.82, 2.24) is 19.9 Å². The Morgan fingerprint density at radius 2 is 1.09 bits per heavy atom. The van der Waals surface area contributed by atoms with Gasteiger partial charge in [-0.3, -0.25) is 9.97 Å². The molecule has 2 heterocycles. The summed E-state index contributed by atoms with van der Waals surface area (Å²) in [5, 5.41) is 7.94. The minimum atomic E-state index is 0.715. The van der Waals surface area contributed by atoms with Crippen LogP contribution in [0.2, 0.25) is 0 Å². The molecule has 0 saturated heterocycles. The summed E-state index contributed by atoms with van der Waals surface area (Å²) in [6, 6.07) is 27.2. The van der Waals surface area contributed by atoms with Crippen molar-refractivity contribution in [3.63, 3.8) is 0 Å². The van der Waals surface area contributed by atoms with E-state index in [1.165, 1.54) is 16.2 Å². The lowest BCUT2D eigenvalue weighted by molar-refractivity contribution is 1.24. The average Bonchev–Trinajstić information content (AvgIpc) is 2.88. The van der Waals surface area contributed by atoms with E-state index in [9.17, 15) is 0 Å². The highest BCUT2D eigenvalue weighted by Gasteiger charge is 2.14. The molecular weight excluding hydrogens is 392 g/mol. The van der Waals surface area contributed by atoms with Crippen LogP contribution in [-0.2, 0) is 0 Å². The number of rotatable bonds is 1. The molecule has 0 atom stereocenters. The maximum atomic E-state index is 5.11. The summed E-state index contributed by atoms with van der Waals surface area (Å²) in [5.41, 5.74) is 3.74. The van der Waals surface area contributed by atoms with Crippen molar-refractivity contribution >= 4 is 54.3 Å². The molecule has 0 aliphatic heterocycles. The van der Waals surface area contributed by atoms with Gasteiger partial charge in [0.05, 0.1) is 16.6 Å². The predicted molar refractivity (Wildman–Crippen MR) is 131 cm³/mol. The molecule has 7 rings (SSSR count). The molecule has 2 aromatic heterocycles. The van der Waals surface area contributed by atoms with Gasteiger partial charge in [0.25, 0.3) is 0 Å². The molecule has 0 amide bonds. The maximum absolute atomic E-state index is 5.11. The Labute approximate surface area is 183 Å². The summed E-state index contributed by atoms with van der Waals surface area (Å²) in [6.07, 6.45) is 5.42. The smallest absolute Gasteiger partial charge is 0.160 e. The number of benzene rings is 5. The number of aromatic nitrogens is 4. The fraction of sp³-hybridized carbons (Fsp3) is 0. The fourth-order valence-corrected chi connectivity index (χ4v) is 4.78. The van der Waals surface area contributed by atoms with Crippen LogP contribution in [0.1, 0.15) is 0 Å². The van der Waals surface area contributed by atoms with Gasteiger partial charge in [-0.05, 0) is 27.6 Å². The molecule has 7 aromatic rings. The summed E-state index contributed by atoms with van der Waals surface area (Å²) in [4.78, 5) is 18.9. The van der Waals surface area contributed by atoms with Gasteiger partial charge in [0.1, 0.15) is 0 Å². The average molecular weight is 408 g/mol. The Bertz CT molecular complexity index is 1800. The molecule has 32 heavy (non-hydrogen) atoms. The third-order valence-corrected chi connectivity index (χ3v) is 6.21. The second kappa shape index (κ2) is 6.53. The standard InChI is InChI=1S/C28H16N4/c1-2-8-19-17(6-1)18-7-3-4-9-21(18)26-24(19)16-31-28(32-26)23-11-5-10-22-20(23)12-13-25-27(22)30-15-14-29-25/h1-16H. The summed E-state index contributed by atoms with van der Waals surface area (Å²) >= 11 is 0. The van der Waals surface area contributed by atoms with Crippen LogP contribution in [-0.4, -0.2) is 19.9 Å². The third-order valence-electron chi connectivity index (χ3n) is 6.21. The maximum Gasteiger partial charge on any atom is 0.160 e. The van der Waals surface area contributed by atoms with Crippen molar-refractivity contribution in [2.24, 2.45) is 0 Å². The van der Waals surface area contributed by atoms with E-state index in [-0.39, 0.29) is 0 Å². The van der Waals surface area contributed by atoms with Gasteiger partial charge in [0, 0.05) is 40.3 Å². The number of fused-ring (bicyclic) bond motifs is 9. The first kappa shape index (κ1) is 17.3. The molecule has 0 unspecified atom stereocenters. The molecule has 0 spiro atoms. The van der Waals surface area contributed by atoms with Crippen LogP contribution in [0.15, 0.2) is 97.5 Å². The van der Waals surface area contributed by atoms with Crippen molar-refractivity contribution in [3.05, 3.63) is 97.5 Å². The first-order valence-electron chi connectivity index (χ1n) is 10.6. The van der Waals surface area contributed by atoms with E-state index in [1.807, 2.05) is 18.3 Å². The number of hydrogen-bond acceptors (Lipinski definition) is 4. The summed E-state index contributed by atoms with van der Waals surface area (Å²) in [7, 11) is 0. The van der Waals surface area contributed by atoms with Crippen LogP contribution >= 0.6 is 0 Å². The van der Waals surface area contributed by atoms with E-state index in [0.717, 1.165) is 43.7 Å². The molecule has 0 N–H and O–H groups in total. The first-order chi connectivity index (χ1) is 15.9. The van der Waals surface area contributed by atoms with Crippen LogP contribution in [0.5, 0.6) is 0 Å². The van der Waals surface area contributed by atoms with Gasteiger partial charge in [-0.15, -0.1) is 0 Å². The van der Waals surface area contributed by atoms with Gasteiger partial charge in [-0.25, -0.2) is 9.97 Å². The molecular formula is C28H16N4. The van der Waals surface area contributed by atoms with E-state index in [0.29, 0.717) is 5.82 Å². The van der Waals surface area contributed by atoms with Crippen LogP contribution in [0.25, 0.3) is 65.6 Å². The highest BCUT2D eigenvalue weighted by Crippen LogP contribution is 2.36. The van der Waals surface area contributed by atoms with Crippen LogP contribution in [0, 0.1) is 0 Å². The molecule has 0 aliphatic carbocycles. The number of nitrogens with zero attached hydrogens (tertiary/aromatic N) is 4. The largest absolute Gasteiger partial charge is 0.253 e. The zero-order valence-electron chi connectivity index (χ0n) is 17.0. The predicted octanol–water partition coefficient (Wildman–Crippen LogP) is 6.70. The lowest BCUT2D eigenvalue weighted by Gasteiger charge is -2.12. The van der Waals surface area contributed by atoms with Crippen molar-refractivity contribution in [3.8, 4) is 11.4 Å². The minimum Gasteiger partial charge on any atom is -0.253 e. The van der Waals surface area contributed by atoms with Gasteiger partial charge in [0.2, 0.25) is 0 Å². The normalized spacial score (nSPS) is 11.8. The first-order valence-corrected chi connectivity index (χ1v) is 10.6. The molecule has 0 saturated carbocycles. The van der Waals surface area contributed by atoms with Crippen molar-refractivity contribution in [2.75, 3.05) is 0 Å². The SMILES string of the molecule is c1ccc2c(c1)c1ccccc1c1nc(-c3cccc4c3ccc3nccnc34)ncc21. The molecule has 5 aromatic carbocycles. The lowest BCUT2D eigenvalue weighted by Crippen LogP contribution is -1.94. The van der Waals surface area contributed by atoms with Gasteiger partial charge in [-0.2, -0.15) is 0 Å². The van der Waals surface area contributed by atoms with Gasteiger partial charge in [0.15, 0.2) is 5.82 Å². The van der Waals surface area contributed by atoms with Gasteiger partial charge >= 0.3 is 0 Å². The van der Waals surface area contributed by atoms with Crippen molar-refractivity contribution < 1.29 is 0 Å². The molecule has 0 bridgehead atoms. The molecule has 148 valence electrons. The van der Waals surface area contributed by atoms with Gasteiger partial charge in [-0.1, -0.05) is 72.8 Å². The highest BCUT2D eigenvalue weighted by atomic mass is 14.9. The summed E-state index contributed by atoms with van der Waals surface area (Å²) < 4.78 is 0. The van der Waals surface area contributed by atoms with Crippen LogP contribution < -0.4 is 0 Å². The quantitative estimate of drug-likeness (QED) is 0.284. The zero-order chi connectivity index (χ0) is 21.1. The van der Waals surface area contributed by atoms with Crippen molar-refractivity contribution in [2.45, 2.75) is 0 Å². The Hall–Kier alpha value is -4.44. The Kier molecular flexibility index (Phi) is 3.52. The Morgan fingerprint density at radius 1 is 0.438 bits per heavy atom. The Balaban J connectivity index is 1.59. The fourth-order valence-electron chi connectivity index (χ4n) is 4.78. The molecule has 4 heteroatoms. The van der Waals surface area contributed by atoms with E-state index < -0.39 is 0 Å². The monoisotopic (exact) mass is 408 g/mol. The van der Waals surface area contributed by atoms with E-state index >= 15 is 0 Å². The summed E-state index contributed by atoms with van der Waals surface area (Å²) in [6.45, 7) is 0. The van der Waals surface area contributed by atoms with E-state index in [4.69, 9.17) is 9.97 Å². The second-order valence-electron chi connectivity index (χ2n) is 7.94. The van der Waals surface area contributed by atoms with Crippen LogP contribution in [0.4, 0.5) is 0 Å². The third kappa shape index (κ3) is 2.38. The van der Waals surface area contributed by atoms with Gasteiger partial charge < -0.3 is 0 Å². The zero-order valence-corrected chi connectivity index (χ0v) is 17.0. The second-order valence-corrected chi connectivity index (χ2v) is 7.94. The molecule has 4 nitrogen and oxygen atoms in total. The van der Waals surface area contributed by atoms with E-state index in [2.05, 4.69) is 76.7 Å². The minimum absolute atomic E-state index is 0.715. The lowest BCUT2D eigenvalue weighted by atomic mass is 9.97. The highest BCUT2D eigenvalue weighted by molar-refractivity contribution is 6.24. The van der Waals surface area contributed by atoms with Crippen molar-refractivity contribution in [1.29, 1.82) is 0 Å². The molecule has 0 radical (unpaired) electrons. The Morgan fingerprint density at radius 3 is 1.94 bits per heavy atom.